The van der Waals surface area contributed by atoms with Crippen molar-refractivity contribution in [1.82, 2.24) is 25.8 Å². The lowest BCUT2D eigenvalue weighted by Crippen LogP contribution is -2.50. The van der Waals surface area contributed by atoms with Crippen LogP contribution in [0, 0.1) is 0 Å². The normalized spacial score (nSPS) is 14.4. The van der Waals surface area contributed by atoms with Gasteiger partial charge in [0.15, 0.2) is 0 Å². The number of amides is 7. The highest BCUT2D eigenvalue weighted by Gasteiger charge is 2.39. The van der Waals surface area contributed by atoms with Crippen molar-refractivity contribution in [2.45, 2.75) is 25.8 Å². The van der Waals surface area contributed by atoms with Crippen molar-refractivity contribution in [3.8, 4) is 0 Å². The maximum atomic E-state index is 13.3. The average molecular weight is 596 g/mol. The van der Waals surface area contributed by atoms with Gasteiger partial charge in [0.1, 0.15) is 12.6 Å². The number of nitrogens with zero attached hydrogens (tertiary/aromatic N) is 2. The Morgan fingerprint density at radius 1 is 0.721 bits per heavy atom. The molecule has 0 spiro atoms. The lowest BCUT2D eigenvalue weighted by molar-refractivity contribution is -0.140. The lowest BCUT2D eigenvalue weighted by atomic mass is 9.86. The van der Waals surface area contributed by atoms with E-state index in [2.05, 4.69) is 16.0 Å². The van der Waals surface area contributed by atoms with Crippen molar-refractivity contribution in [3.05, 3.63) is 46.5 Å². The second-order valence-electron chi connectivity index (χ2n) is 9.66. The van der Waals surface area contributed by atoms with Gasteiger partial charge in [-0.1, -0.05) is 0 Å². The number of carboxylic acid groups (broad SMARTS) is 2. The van der Waals surface area contributed by atoms with Gasteiger partial charge in [0, 0.05) is 66.0 Å². The predicted octanol–water partition coefficient (Wildman–Crippen LogP) is -1.28. The van der Waals surface area contributed by atoms with Crippen LogP contribution in [0.2, 0.25) is 0 Å². The largest absolute Gasteiger partial charge is 0.481 e. The van der Waals surface area contributed by atoms with Crippen molar-refractivity contribution in [2.75, 3.05) is 26.2 Å². The molecule has 0 unspecified atom stereocenters. The Hall–Kier alpha value is -5.67. The van der Waals surface area contributed by atoms with E-state index in [9.17, 15) is 43.2 Å². The molecule has 16 heteroatoms. The third-order valence-electron chi connectivity index (χ3n) is 6.77. The summed E-state index contributed by atoms with van der Waals surface area (Å²) in [6.07, 6.45) is -1.02. The first-order valence-corrected chi connectivity index (χ1v) is 12.9. The molecule has 43 heavy (non-hydrogen) atoms. The molecule has 2 aliphatic heterocycles. The highest BCUT2D eigenvalue weighted by Crippen LogP contribution is 2.37. The van der Waals surface area contributed by atoms with Crippen LogP contribution in [0.4, 0.5) is 0 Å². The summed E-state index contributed by atoms with van der Waals surface area (Å²) in [6.45, 7) is -0.401. The molecule has 1 atom stereocenters. The Kier molecular flexibility index (Phi) is 8.49. The van der Waals surface area contributed by atoms with E-state index >= 15 is 0 Å². The molecular weight excluding hydrogens is 570 g/mol. The number of imide groups is 2. The van der Waals surface area contributed by atoms with E-state index < -0.39 is 72.3 Å². The third kappa shape index (κ3) is 6.02. The molecule has 5 N–H and O–H groups in total. The minimum absolute atomic E-state index is 0.0323. The van der Waals surface area contributed by atoms with Gasteiger partial charge in [0.05, 0.1) is 6.42 Å². The Morgan fingerprint density at radius 3 is 1.60 bits per heavy atom. The van der Waals surface area contributed by atoms with Crippen LogP contribution < -0.4 is 16.0 Å². The number of carboxylic acids is 2. The molecule has 0 radical (unpaired) electrons. The quantitative estimate of drug-likeness (QED) is 0.181. The number of hydrogen-bond donors (Lipinski definition) is 5. The summed E-state index contributed by atoms with van der Waals surface area (Å²) in [5.41, 5.74) is 0.131. The predicted molar refractivity (Wildman–Crippen MR) is 143 cm³/mol. The zero-order valence-corrected chi connectivity index (χ0v) is 22.6. The highest BCUT2D eigenvalue weighted by atomic mass is 16.4. The van der Waals surface area contributed by atoms with Crippen LogP contribution in [0.1, 0.15) is 61.2 Å². The zero-order valence-electron chi connectivity index (χ0n) is 22.6. The number of carbonyl (C=O) groups excluding carboxylic acids is 7. The van der Waals surface area contributed by atoms with Gasteiger partial charge in [0.25, 0.3) is 23.6 Å². The van der Waals surface area contributed by atoms with Gasteiger partial charge in [-0.05, 0) is 24.3 Å². The summed E-state index contributed by atoms with van der Waals surface area (Å²) in [7, 11) is 0. The van der Waals surface area contributed by atoms with Crippen molar-refractivity contribution in [2.24, 2.45) is 0 Å². The van der Waals surface area contributed by atoms with Gasteiger partial charge >= 0.3 is 11.9 Å². The standard InChI is InChI=1S/C27H25N5O11/c1-12(33)30-17(10-19(35)36)23(39)28-7-9-32-26(42)15-4-2-13-21-14(3-5-16(22(15)21)27(32)43)25(41)31(24(13)40)8-6-18(34)29-11-20(37)38/h2-5,17H,6-11H2,1H3,(H,28,39)(H,29,34)(H,30,33)(H,35,36)(H,37,38)/t17-/m0/s1. The smallest absolute Gasteiger partial charge is 0.322 e. The molecule has 16 nitrogen and oxygen atoms in total. The summed E-state index contributed by atoms with van der Waals surface area (Å²) in [5, 5.41) is 24.7. The molecule has 2 aromatic carbocycles. The summed E-state index contributed by atoms with van der Waals surface area (Å²) < 4.78 is 0. The Balaban J connectivity index is 1.53. The zero-order chi connectivity index (χ0) is 31.6. The van der Waals surface area contributed by atoms with Gasteiger partial charge in [-0.15, -0.1) is 0 Å². The fourth-order valence-electron chi connectivity index (χ4n) is 4.90. The molecule has 0 fully saturated rings. The summed E-state index contributed by atoms with van der Waals surface area (Å²) >= 11 is 0. The van der Waals surface area contributed by atoms with E-state index in [-0.39, 0.29) is 59.1 Å². The van der Waals surface area contributed by atoms with Crippen LogP contribution in [0.15, 0.2) is 24.3 Å². The number of rotatable bonds is 12. The molecule has 0 bridgehead atoms. The van der Waals surface area contributed by atoms with Gasteiger partial charge in [-0.2, -0.15) is 0 Å². The number of nitrogens with one attached hydrogen (secondary N) is 3. The van der Waals surface area contributed by atoms with E-state index in [1.54, 1.807) is 0 Å². The molecular formula is C27H25N5O11. The van der Waals surface area contributed by atoms with Gasteiger partial charge in [0.2, 0.25) is 17.7 Å². The summed E-state index contributed by atoms with van der Waals surface area (Å²) in [5.74, 6) is -7.73. The minimum atomic E-state index is -1.37. The second kappa shape index (κ2) is 12.1. The topological polar surface area (TPSA) is 237 Å². The second-order valence-corrected chi connectivity index (χ2v) is 9.66. The van der Waals surface area contributed by atoms with Crippen LogP contribution in [-0.2, 0) is 24.0 Å². The fraction of sp³-hybridized carbons (Fsp3) is 0.296. The first-order valence-electron chi connectivity index (χ1n) is 12.9. The van der Waals surface area contributed by atoms with Gasteiger partial charge in [-0.25, -0.2) is 0 Å². The summed E-state index contributed by atoms with van der Waals surface area (Å²) in [6, 6.07) is 3.95. The molecule has 2 heterocycles. The SMILES string of the molecule is CC(=O)N[C@@H](CC(=O)O)C(=O)NCCN1C(=O)c2ccc3c4c(ccc(c24)C1=O)C(=O)N(CCC(=O)NCC(=O)O)C3=O. The monoisotopic (exact) mass is 595 g/mol. The molecule has 0 aliphatic carbocycles. The van der Waals surface area contributed by atoms with Crippen LogP contribution in [0.3, 0.4) is 0 Å². The average Bonchev–Trinajstić information content (AvgIpc) is 2.94. The van der Waals surface area contributed by atoms with E-state index in [1.807, 2.05) is 0 Å². The van der Waals surface area contributed by atoms with Gasteiger partial charge < -0.3 is 26.2 Å². The fourth-order valence-corrected chi connectivity index (χ4v) is 4.90. The van der Waals surface area contributed by atoms with Gasteiger partial charge in [-0.3, -0.25) is 53.0 Å². The van der Waals surface area contributed by atoms with Crippen LogP contribution in [0.5, 0.6) is 0 Å². The Morgan fingerprint density at radius 2 is 1.19 bits per heavy atom. The lowest BCUT2D eigenvalue weighted by Gasteiger charge is -2.32. The third-order valence-corrected chi connectivity index (χ3v) is 6.77. The first kappa shape index (κ1) is 30.3. The van der Waals surface area contributed by atoms with Crippen LogP contribution >= 0.6 is 0 Å². The van der Waals surface area contributed by atoms with Crippen molar-refractivity contribution in [1.29, 1.82) is 0 Å². The van der Waals surface area contributed by atoms with Crippen molar-refractivity contribution < 1.29 is 53.4 Å². The molecule has 4 rings (SSSR count). The number of benzene rings is 2. The van der Waals surface area contributed by atoms with Crippen molar-refractivity contribution in [3.63, 3.8) is 0 Å². The van der Waals surface area contributed by atoms with E-state index in [0.717, 1.165) is 16.7 Å². The summed E-state index contributed by atoms with van der Waals surface area (Å²) in [4.78, 5) is 112. The maximum Gasteiger partial charge on any atom is 0.322 e. The van der Waals surface area contributed by atoms with E-state index in [4.69, 9.17) is 10.2 Å². The Bertz CT molecular complexity index is 1550. The number of hydrogen-bond acceptors (Lipinski definition) is 9. The molecule has 0 aromatic heterocycles. The molecule has 0 saturated carbocycles. The van der Waals surface area contributed by atoms with E-state index in [1.165, 1.54) is 24.3 Å². The molecule has 2 aromatic rings. The number of carbonyl (C=O) groups is 9. The number of aliphatic carboxylic acids is 2. The van der Waals surface area contributed by atoms with Crippen LogP contribution in [0.25, 0.3) is 10.8 Å². The minimum Gasteiger partial charge on any atom is -0.481 e. The van der Waals surface area contributed by atoms with E-state index in [0.29, 0.717) is 0 Å². The van der Waals surface area contributed by atoms with Crippen molar-refractivity contribution >= 4 is 64.1 Å². The molecule has 224 valence electrons. The molecule has 7 amide bonds. The first-order chi connectivity index (χ1) is 20.3. The molecule has 2 aliphatic rings. The molecule has 0 saturated heterocycles. The highest BCUT2D eigenvalue weighted by molar-refractivity contribution is 6.33. The Labute approximate surface area is 242 Å². The van der Waals surface area contributed by atoms with Crippen LogP contribution in [-0.4, -0.2) is 106 Å². The maximum absolute atomic E-state index is 13.3.